The van der Waals surface area contributed by atoms with Crippen molar-refractivity contribution in [2.75, 3.05) is 26.2 Å². The zero-order chi connectivity index (χ0) is 19.9. The second kappa shape index (κ2) is 11.4. The monoisotopic (exact) mass is 522 g/mol. The van der Waals surface area contributed by atoms with Crippen molar-refractivity contribution in [1.82, 2.24) is 15.5 Å². The Hall–Kier alpha value is -2.03. The SMILES string of the molecule is I.O=C1CC(CN=C(NCCc2ccccc2)NCCc2ccco2)CN1C1CC1. The summed E-state index contributed by atoms with van der Waals surface area (Å²) in [6, 6.07) is 14.8. The molecule has 1 aliphatic carbocycles. The van der Waals surface area contributed by atoms with Crippen LogP contribution >= 0.6 is 24.0 Å². The molecule has 1 aromatic heterocycles. The van der Waals surface area contributed by atoms with Gasteiger partial charge in [-0.15, -0.1) is 24.0 Å². The van der Waals surface area contributed by atoms with E-state index in [0.29, 0.717) is 30.8 Å². The van der Waals surface area contributed by atoms with E-state index in [-0.39, 0.29) is 24.0 Å². The maximum absolute atomic E-state index is 12.2. The summed E-state index contributed by atoms with van der Waals surface area (Å²) in [6.45, 7) is 3.10. The van der Waals surface area contributed by atoms with Crippen LogP contribution < -0.4 is 10.6 Å². The van der Waals surface area contributed by atoms with Gasteiger partial charge >= 0.3 is 0 Å². The average molecular weight is 522 g/mol. The number of nitrogens with zero attached hydrogens (tertiary/aromatic N) is 2. The van der Waals surface area contributed by atoms with Crippen molar-refractivity contribution in [3.05, 3.63) is 60.1 Å². The van der Waals surface area contributed by atoms with Crippen molar-refractivity contribution in [2.24, 2.45) is 10.9 Å². The van der Waals surface area contributed by atoms with E-state index in [1.165, 1.54) is 18.4 Å². The molecule has 1 aliphatic heterocycles. The summed E-state index contributed by atoms with van der Waals surface area (Å²) in [5.41, 5.74) is 1.30. The van der Waals surface area contributed by atoms with E-state index in [2.05, 4.69) is 39.8 Å². The van der Waals surface area contributed by atoms with Crippen molar-refractivity contribution in [3.63, 3.8) is 0 Å². The summed E-state index contributed by atoms with van der Waals surface area (Å²) in [5, 5.41) is 6.85. The fraction of sp³-hybridized carbons (Fsp3) is 0.478. The number of halogens is 1. The number of nitrogens with one attached hydrogen (secondary N) is 2. The van der Waals surface area contributed by atoms with E-state index < -0.39 is 0 Å². The van der Waals surface area contributed by atoms with Crippen molar-refractivity contribution >= 4 is 35.8 Å². The van der Waals surface area contributed by atoms with Crippen LogP contribution in [0.1, 0.15) is 30.6 Å². The van der Waals surface area contributed by atoms with Crippen LogP contribution in [0.15, 0.2) is 58.1 Å². The quantitative estimate of drug-likeness (QED) is 0.302. The van der Waals surface area contributed by atoms with Gasteiger partial charge in [0.1, 0.15) is 5.76 Å². The van der Waals surface area contributed by atoms with Crippen LogP contribution in [0, 0.1) is 5.92 Å². The number of amides is 1. The maximum Gasteiger partial charge on any atom is 0.223 e. The number of carbonyl (C=O) groups is 1. The first-order valence-electron chi connectivity index (χ1n) is 10.7. The van der Waals surface area contributed by atoms with E-state index in [4.69, 9.17) is 9.41 Å². The van der Waals surface area contributed by atoms with Gasteiger partial charge in [0.15, 0.2) is 5.96 Å². The Kier molecular flexibility index (Phi) is 8.60. The van der Waals surface area contributed by atoms with Gasteiger partial charge in [0.25, 0.3) is 0 Å². The molecular formula is C23H31IN4O2. The lowest BCUT2D eigenvalue weighted by atomic mass is 10.1. The first-order chi connectivity index (χ1) is 14.3. The van der Waals surface area contributed by atoms with E-state index in [1.807, 2.05) is 18.2 Å². The summed E-state index contributed by atoms with van der Waals surface area (Å²) in [6.07, 6.45) is 6.42. The minimum Gasteiger partial charge on any atom is -0.469 e. The standard InChI is InChI=1S/C23H30N4O2.HI/c28-22-15-19(17-27(22)20-8-9-20)16-26-23(25-13-11-21-7-4-14-29-21)24-12-10-18-5-2-1-3-6-18;/h1-7,14,19-20H,8-13,15-17H2,(H2,24,25,26);1H. The Morgan fingerprint density at radius 3 is 2.53 bits per heavy atom. The molecule has 1 saturated carbocycles. The van der Waals surface area contributed by atoms with Crippen LogP contribution in [0.25, 0.3) is 0 Å². The van der Waals surface area contributed by atoms with E-state index in [1.54, 1.807) is 6.26 Å². The number of guanidine groups is 1. The maximum atomic E-state index is 12.2. The Labute approximate surface area is 195 Å². The van der Waals surface area contributed by atoms with Crippen molar-refractivity contribution in [3.8, 4) is 0 Å². The molecule has 6 nitrogen and oxygen atoms in total. The molecule has 4 rings (SSSR count). The number of benzene rings is 1. The predicted octanol–water partition coefficient (Wildman–Crippen LogP) is 3.23. The third-order valence-corrected chi connectivity index (χ3v) is 5.53. The molecule has 2 heterocycles. The number of hydrogen-bond acceptors (Lipinski definition) is 3. The number of hydrogen-bond donors (Lipinski definition) is 2. The third-order valence-electron chi connectivity index (χ3n) is 5.53. The number of furan rings is 1. The van der Waals surface area contributed by atoms with Crippen molar-refractivity contribution < 1.29 is 9.21 Å². The molecule has 0 bridgehead atoms. The second-order valence-corrected chi connectivity index (χ2v) is 7.96. The zero-order valence-corrected chi connectivity index (χ0v) is 19.6. The first-order valence-corrected chi connectivity index (χ1v) is 10.7. The van der Waals surface area contributed by atoms with Crippen molar-refractivity contribution in [2.45, 2.75) is 38.1 Å². The highest BCUT2D eigenvalue weighted by atomic mass is 127. The second-order valence-electron chi connectivity index (χ2n) is 7.96. The molecule has 1 unspecified atom stereocenters. The van der Waals surface area contributed by atoms with Gasteiger partial charge in [0.2, 0.25) is 5.91 Å². The Bertz CT molecular complexity index is 806. The lowest BCUT2D eigenvalue weighted by Crippen LogP contribution is -2.40. The molecule has 2 aliphatic rings. The normalized spacial score (nSPS) is 18.9. The van der Waals surface area contributed by atoms with Crippen LogP contribution in [0.2, 0.25) is 0 Å². The van der Waals surface area contributed by atoms with Crippen LogP contribution in [-0.2, 0) is 17.6 Å². The van der Waals surface area contributed by atoms with Gasteiger partial charge in [-0.25, -0.2) is 0 Å². The molecule has 2 aromatic rings. The lowest BCUT2D eigenvalue weighted by Gasteiger charge is -2.16. The largest absolute Gasteiger partial charge is 0.469 e. The molecule has 162 valence electrons. The highest BCUT2D eigenvalue weighted by Gasteiger charge is 2.39. The zero-order valence-electron chi connectivity index (χ0n) is 17.3. The molecule has 2 fully saturated rings. The molecule has 7 heteroatoms. The molecule has 0 spiro atoms. The Balaban J connectivity index is 0.00000256. The fourth-order valence-electron chi connectivity index (χ4n) is 3.79. The fourth-order valence-corrected chi connectivity index (χ4v) is 3.79. The highest BCUT2D eigenvalue weighted by molar-refractivity contribution is 14.0. The van der Waals surface area contributed by atoms with Crippen LogP contribution in [0.3, 0.4) is 0 Å². The van der Waals surface area contributed by atoms with E-state index >= 15 is 0 Å². The summed E-state index contributed by atoms with van der Waals surface area (Å²) >= 11 is 0. The van der Waals surface area contributed by atoms with Crippen LogP contribution in [0.5, 0.6) is 0 Å². The minimum absolute atomic E-state index is 0. The summed E-state index contributed by atoms with van der Waals surface area (Å²) < 4.78 is 5.40. The molecule has 30 heavy (non-hydrogen) atoms. The summed E-state index contributed by atoms with van der Waals surface area (Å²) in [7, 11) is 0. The van der Waals surface area contributed by atoms with Gasteiger partial charge in [-0.1, -0.05) is 30.3 Å². The predicted molar refractivity (Wildman–Crippen MR) is 129 cm³/mol. The Morgan fingerprint density at radius 2 is 1.83 bits per heavy atom. The number of carbonyl (C=O) groups excluding carboxylic acids is 1. The molecule has 2 N–H and O–H groups in total. The first kappa shape index (κ1) is 22.7. The lowest BCUT2D eigenvalue weighted by molar-refractivity contribution is -0.128. The third kappa shape index (κ3) is 6.75. The van der Waals surface area contributed by atoms with Gasteiger partial charge in [0.05, 0.1) is 6.26 Å². The summed E-state index contributed by atoms with van der Waals surface area (Å²) in [4.78, 5) is 19.0. The molecule has 1 saturated heterocycles. The van der Waals surface area contributed by atoms with E-state index in [0.717, 1.165) is 44.2 Å². The number of aliphatic imine (C=N–C) groups is 1. The van der Waals surface area contributed by atoms with Gasteiger partial charge in [-0.2, -0.15) is 0 Å². The topological polar surface area (TPSA) is 69.9 Å². The van der Waals surface area contributed by atoms with Gasteiger partial charge < -0.3 is 20.0 Å². The van der Waals surface area contributed by atoms with Crippen LogP contribution in [-0.4, -0.2) is 49.0 Å². The van der Waals surface area contributed by atoms with E-state index in [9.17, 15) is 4.79 Å². The summed E-state index contributed by atoms with van der Waals surface area (Å²) in [5.74, 6) is 2.39. The smallest absolute Gasteiger partial charge is 0.223 e. The van der Waals surface area contributed by atoms with Gasteiger partial charge in [-0.3, -0.25) is 9.79 Å². The van der Waals surface area contributed by atoms with Gasteiger partial charge in [0, 0.05) is 51.0 Å². The van der Waals surface area contributed by atoms with Gasteiger partial charge in [-0.05, 0) is 37.0 Å². The molecule has 1 atom stereocenters. The van der Waals surface area contributed by atoms with Crippen LogP contribution in [0.4, 0.5) is 0 Å². The molecule has 1 amide bonds. The molecule has 1 aromatic carbocycles. The molecular weight excluding hydrogens is 491 g/mol. The number of likely N-dealkylation sites (tertiary alicyclic amines) is 1. The number of rotatable bonds is 9. The highest BCUT2D eigenvalue weighted by Crippen LogP contribution is 2.32. The minimum atomic E-state index is 0. The Morgan fingerprint density at radius 1 is 1.07 bits per heavy atom. The molecule has 0 radical (unpaired) electrons. The van der Waals surface area contributed by atoms with Crippen molar-refractivity contribution in [1.29, 1.82) is 0 Å². The average Bonchev–Trinajstić information content (AvgIpc) is 3.31.